The number of rotatable bonds is 58. The molecule has 0 aromatic heterocycles. The minimum absolute atomic E-state index is 0.179. The predicted octanol–water partition coefficient (Wildman–Crippen LogP) is 15.2. The van der Waals surface area contributed by atoms with Crippen LogP contribution in [0, 0.1) is 0 Å². The van der Waals surface area contributed by atoms with Crippen molar-refractivity contribution in [3.05, 3.63) is 0 Å². The smallest absolute Gasteiger partial charge is 0.221 e. The van der Waals surface area contributed by atoms with Gasteiger partial charge in [0.15, 0.2) is 0 Å². The van der Waals surface area contributed by atoms with Crippen LogP contribution in [0.25, 0.3) is 0 Å². The van der Waals surface area contributed by atoms with Crippen LogP contribution >= 0.6 is 0 Å². The summed E-state index contributed by atoms with van der Waals surface area (Å²) < 4.78 is 0. The maximum atomic E-state index is 12.4. The van der Waals surface area contributed by atoms with E-state index < -0.39 is 0 Å². The first-order chi connectivity index (χ1) is 35.8. The van der Waals surface area contributed by atoms with Gasteiger partial charge in [0.05, 0.1) is 0 Å². The summed E-state index contributed by atoms with van der Waals surface area (Å²) in [6, 6.07) is 0. The van der Waals surface area contributed by atoms with Crippen LogP contribution in [0.1, 0.15) is 299 Å². The molecule has 0 radical (unpaired) electrons. The minimum Gasteiger partial charge on any atom is -0.356 e. The number of hydrogen-bond acceptors (Lipinski definition) is 7. The Kier molecular flexibility index (Phi) is 63.1. The van der Waals surface area contributed by atoms with Gasteiger partial charge in [-0.25, -0.2) is 0 Å². The molecule has 436 valence electrons. The van der Waals surface area contributed by atoms with E-state index in [2.05, 4.69) is 84.4 Å². The van der Waals surface area contributed by atoms with E-state index in [-0.39, 0.29) is 17.7 Å². The summed E-state index contributed by atoms with van der Waals surface area (Å²) in [5.74, 6) is 0.567. The lowest BCUT2D eigenvalue weighted by Crippen LogP contribution is -2.38. The molecule has 73 heavy (non-hydrogen) atoms. The third-order valence-electron chi connectivity index (χ3n) is 15.0. The van der Waals surface area contributed by atoms with E-state index in [1.165, 1.54) is 212 Å². The molecule has 0 heterocycles. The Morgan fingerprint density at radius 1 is 0.260 bits per heavy atom. The SMILES string of the molecule is CCCCCCCCCCCCCCNC(=O)CCN(CC)CCN(CC)CCC(=O)NCCCCCCCCCCCCCC.CCCCCCCCCCCCCCNC(=O)CCN(CC)CCNCC. The van der Waals surface area contributed by atoms with Gasteiger partial charge in [0.25, 0.3) is 0 Å². The van der Waals surface area contributed by atoms with Crippen molar-refractivity contribution < 1.29 is 14.4 Å². The van der Waals surface area contributed by atoms with E-state index in [1.54, 1.807) is 0 Å². The summed E-state index contributed by atoms with van der Waals surface area (Å²) >= 11 is 0. The molecule has 0 atom stereocenters. The van der Waals surface area contributed by atoms with E-state index in [0.29, 0.717) is 19.3 Å². The number of nitrogens with zero attached hydrogens (tertiary/aromatic N) is 3. The highest BCUT2D eigenvalue weighted by atomic mass is 16.2. The fourth-order valence-electron chi connectivity index (χ4n) is 9.61. The lowest BCUT2D eigenvalue weighted by atomic mass is 10.1. The monoisotopic (exact) mass is 1030 g/mol. The van der Waals surface area contributed by atoms with Gasteiger partial charge in [-0.1, -0.05) is 260 Å². The summed E-state index contributed by atoms with van der Waals surface area (Å²) in [4.78, 5) is 43.8. The first kappa shape index (κ1) is 73.3. The standard InChI is InChI=1S/C40H82N4O2.C23H49N3O/c1-5-9-11-13-15-17-19-21-23-25-27-29-33-41-39(45)31-35-43(7-3)37-38-44(8-4)36-32-40(46)42-34-30-28-26-24-22-20-18-16-14-12-10-6-2;1-4-7-8-9-10-11-12-13-14-15-16-17-19-25-23(27)18-21-26(6-3)22-20-24-5-2/h5-38H2,1-4H3,(H,41,45)(H,42,46);24H,4-22H2,1-3H3,(H,25,27). The Hall–Kier alpha value is -1.75. The third-order valence-corrected chi connectivity index (χ3v) is 15.0. The number of hydrogen-bond donors (Lipinski definition) is 4. The quantitative estimate of drug-likeness (QED) is 0.0449. The van der Waals surface area contributed by atoms with Gasteiger partial charge in [-0.2, -0.15) is 0 Å². The Morgan fingerprint density at radius 3 is 0.699 bits per heavy atom. The first-order valence-corrected chi connectivity index (χ1v) is 32.5. The van der Waals surface area contributed by atoms with Crippen LogP contribution in [0.4, 0.5) is 0 Å². The normalized spacial score (nSPS) is 11.4. The average molecular weight is 1030 g/mol. The molecule has 0 bridgehead atoms. The van der Waals surface area contributed by atoms with E-state index in [9.17, 15) is 14.4 Å². The maximum absolute atomic E-state index is 12.4. The van der Waals surface area contributed by atoms with Gasteiger partial charge in [-0.05, 0) is 45.4 Å². The number of amides is 3. The van der Waals surface area contributed by atoms with E-state index in [0.717, 1.165) is 111 Å². The Balaban J connectivity index is 0. The first-order valence-electron chi connectivity index (χ1n) is 32.5. The second-order valence-electron chi connectivity index (χ2n) is 21.6. The Morgan fingerprint density at radius 2 is 0.479 bits per heavy atom. The van der Waals surface area contributed by atoms with Crippen LogP contribution < -0.4 is 21.3 Å². The molecule has 0 saturated carbocycles. The number of likely N-dealkylation sites (N-methyl/N-ethyl adjacent to an activating group) is 4. The number of carbonyl (C=O) groups is 3. The zero-order valence-electron chi connectivity index (χ0n) is 50.5. The summed E-state index contributed by atoms with van der Waals surface area (Å²) in [6.45, 7) is 28.2. The van der Waals surface area contributed by atoms with Crippen molar-refractivity contribution in [2.45, 2.75) is 299 Å². The minimum atomic E-state index is 0.179. The van der Waals surface area contributed by atoms with Crippen molar-refractivity contribution in [1.29, 1.82) is 0 Å². The van der Waals surface area contributed by atoms with Crippen LogP contribution in [0.3, 0.4) is 0 Å². The van der Waals surface area contributed by atoms with Crippen molar-refractivity contribution in [2.24, 2.45) is 0 Å². The second kappa shape index (κ2) is 62.8. The van der Waals surface area contributed by atoms with E-state index in [4.69, 9.17) is 0 Å². The Labute approximate surface area is 456 Å². The van der Waals surface area contributed by atoms with Crippen LogP contribution in [-0.2, 0) is 14.4 Å². The molecule has 0 aliphatic heterocycles. The van der Waals surface area contributed by atoms with Gasteiger partial charge in [-0.3, -0.25) is 14.4 Å². The summed E-state index contributed by atoms with van der Waals surface area (Å²) in [6.07, 6.45) is 50.3. The molecule has 0 aromatic carbocycles. The topological polar surface area (TPSA) is 109 Å². The largest absolute Gasteiger partial charge is 0.356 e. The molecule has 0 aromatic rings. The molecule has 0 aliphatic rings. The number of nitrogens with one attached hydrogen (secondary N) is 4. The molecular weight excluding hydrogens is 903 g/mol. The zero-order chi connectivity index (χ0) is 53.8. The highest BCUT2D eigenvalue weighted by Crippen LogP contribution is 2.14. The van der Waals surface area contributed by atoms with Crippen molar-refractivity contribution in [1.82, 2.24) is 36.0 Å². The van der Waals surface area contributed by atoms with E-state index in [1.807, 2.05) is 0 Å². The lowest BCUT2D eigenvalue weighted by molar-refractivity contribution is -0.122. The van der Waals surface area contributed by atoms with Crippen LogP contribution in [0.2, 0.25) is 0 Å². The molecule has 0 spiro atoms. The number of unbranched alkanes of at least 4 members (excludes halogenated alkanes) is 33. The van der Waals surface area contributed by atoms with Crippen molar-refractivity contribution in [2.75, 3.05) is 91.6 Å². The predicted molar refractivity (Wildman–Crippen MR) is 321 cm³/mol. The fraction of sp³-hybridized carbons (Fsp3) is 0.952. The summed E-state index contributed by atoms with van der Waals surface area (Å²) in [5.41, 5.74) is 0. The van der Waals surface area contributed by atoms with Gasteiger partial charge in [0.2, 0.25) is 17.7 Å². The average Bonchev–Trinajstić information content (AvgIpc) is 3.40. The summed E-state index contributed by atoms with van der Waals surface area (Å²) in [5, 5.41) is 12.7. The van der Waals surface area contributed by atoms with Gasteiger partial charge in [0.1, 0.15) is 0 Å². The molecule has 0 rings (SSSR count). The van der Waals surface area contributed by atoms with Gasteiger partial charge in [-0.15, -0.1) is 0 Å². The molecule has 0 saturated heterocycles. The fourth-order valence-corrected chi connectivity index (χ4v) is 9.61. The maximum Gasteiger partial charge on any atom is 0.221 e. The van der Waals surface area contributed by atoms with Gasteiger partial charge < -0.3 is 36.0 Å². The lowest BCUT2D eigenvalue weighted by Gasteiger charge is -2.26. The van der Waals surface area contributed by atoms with Crippen molar-refractivity contribution >= 4 is 17.7 Å². The third kappa shape index (κ3) is 59.4. The molecular formula is C63H131N7O3. The van der Waals surface area contributed by atoms with E-state index >= 15 is 0 Å². The molecule has 10 nitrogen and oxygen atoms in total. The zero-order valence-corrected chi connectivity index (χ0v) is 50.5. The Bertz CT molecular complexity index is 1060. The second-order valence-corrected chi connectivity index (χ2v) is 21.6. The molecule has 0 unspecified atom stereocenters. The van der Waals surface area contributed by atoms with Crippen molar-refractivity contribution in [3.63, 3.8) is 0 Å². The van der Waals surface area contributed by atoms with Gasteiger partial charge >= 0.3 is 0 Å². The number of carbonyl (C=O) groups excluding carboxylic acids is 3. The van der Waals surface area contributed by atoms with Crippen LogP contribution in [-0.4, -0.2) is 124 Å². The van der Waals surface area contributed by atoms with Crippen LogP contribution in [0.15, 0.2) is 0 Å². The van der Waals surface area contributed by atoms with Crippen LogP contribution in [0.5, 0.6) is 0 Å². The van der Waals surface area contributed by atoms with Crippen molar-refractivity contribution in [3.8, 4) is 0 Å². The molecule has 0 aliphatic carbocycles. The molecule has 10 heteroatoms. The molecule has 0 fully saturated rings. The molecule has 4 N–H and O–H groups in total. The van der Waals surface area contributed by atoms with Gasteiger partial charge in [0, 0.05) is 84.7 Å². The highest BCUT2D eigenvalue weighted by Gasteiger charge is 2.12. The summed E-state index contributed by atoms with van der Waals surface area (Å²) in [7, 11) is 0. The molecule has 3 amide bonds. The highest BCUT2D eigenvalue weighted by molar-refractivity contribution is 5.76.